The van der Waals surface area contributed by atoms with Crippen molar-refractivity contribution < 1.29 is 14.3 Å². The lowest BCUT2D eigenvalue weighted by Gasteiger charge is -2.40. The van der Waals surface area contributed by atoms with Crippen molar-refractivity contribution in [2.75, 3.05) is 20.6 Å². The highest BCUT2D eigenvalue weighted by molar-refractivity contribution is 5.95. The van der Waals surface area contributed by atoms with Gasteiger partial charge in [0, 0.05) is 18.5 Å². The van der Waals surface area contributed by atoms with Crippen LogP contribution in [0.3, 0.4) is 0 Å². The van der Waals surface area contributed by atoms with E-state index in [4.69, 9.17) is 4.74 Å². The Morgan fingerprint density at radius 3 is 2.56 bits per heavy atom. The molecule has 5 nitrogen and oxygen atoms in total. The second kappa shape index (κ2) is 7.56. The first-order valence-corrected chi connectivity index (χ1v) is 9.26. The average molecular weight is 344 g/mol. The van der Waals surface area contributed by atoms with Crippen LogP contribution in [0.15, 0.2) is 24.3 Å². The molecule has 0 spiro atoms. The number of cyclic esters (lactones) is 1. The molecule has 0 bridgehead atoms. The monoisotopic (exact) mass is 344 g/mol. The van der Waals surface area contributed by atoms with Gasteiger partial charge in [-0.05, 0) is 38.6 Å². The molecule has 0 unspecified atom stereocenters. The molecule has 1 heterocycles. The SMILES string of the molecule is CN(C)C1(CNC(=O)[C@H]2Cc3ccccc3C(=O)O2)CCCCCC1. The number of carbonyl (C=O) groups is 2. The zero-order chi connectivity index (χ0) is 17.9. The quantitative estimate of drug-likeness (QED) is 0.674. The third-order valence-corrected chi connectivity index (χ3v) is 5.76. The molecule has 1 aromatic rings. The minimum absolute atomic E-state index is 0.00272. The van der Waals surface area contributed by atoms with Gasteiger partial charge in [-0.1, -0.05) is 43.9 Å². The van der Waals surface area contributed by atoms with E-state index in [0.29, 0.717) is 18.5 Å². The van der Waals surface area contributed by atoms with Crippen LogP contribution in [0.4, 0.5) is 0 Å². The van der Waals surface area contributed by atoms with Gasteiger partial charge in [-0.3, -0.25) is 4.79 Å². The van der Waals surface area contributed by atoms with Crippen molar-refractivity contribution in [1.82, 2.24) is 10.2 Å². The summed E-state index contributed by atoms with van der Waals surface area (Å²) in [6.07, 6.45) is 6.82. The van der Waals surface area contributed by atoms with Crippen LogP contribution in [0.5, 0.6) is 0 Å². The highest BCUT2D eigenvalue weighted by Crippen LogP contribution is 2.30. The van der Waals surface area contributed by atoms with Crippen molar-refractivity contribution in [1.29, 1.82) is 0 Å². The van der Waals surface area contributed by atoms with Gasteiger partial charge in [-0.25, -0.2) is 4.79 Å². The maximum atomic E-state index is 12.6. The summed E-state index contributed by atoms with van der Waals surface area (Å²) in [6.45, 7) is 0.606. The number of carbonyl (C=O) groups excluding carboxylic acids is 2. The molecule has 0 saturated heterocycles. The van der Waals surface area contributed by atoms with Crippen molar-refractivity contribution in [2.45, 2.75) is 56.6 Å². The molecule has 1 aliphatic heterocycles. The Morgan fingerprint density at radius 1 is 1.20 bits per heavy atom. The van der Waals surface area contributed by atoms with Gasteiger partial charge >= 0.3 is 5.97 Å². The number of ether oxygens (including phenoxy) is 1. The first-order valence-electron chi connectivity index (χ1n) is 9.26. The molecular weight excluding hydrogens is 316 g/mol. The van der Waals surface area contributed by atoms with Crippen LogP contribution in [-0.2, 0) is 16.0 Å². The maximum absolute atomic E-state index is 12.6. The molecule has 1 fully saturated rings. The number of hydrogen-bond acceptors (Lipinski definition) is 4. The predicted octanol–water partition coefficient (Wildman–Crippen LogP) is 2.54. The molecular formula is C20H28N2O3. The van der Waals surface area contributed by atoms with Crippen LogP contribution in [0.2, 0.25) is 0 Å². The number of rotatable bonds is 4. The zero-order valence-electron chi connectivity index (χ0n) is 15.2. The zero-order valence-corrected chi connectivity index (χ0v) is 15.2. The number of benzene rings is 1. The largest absolute Gasteiger partial charge is 0.448 e. The van der Waals surface area contributed by atoms with Crippen molar-refractivity contribution in [2.24, 2.45) is 0 Å². The summed E-state index contributed by atoms with van der Waals surface area (Å²) in [7, 11) is 4.18. The summed E-state index contributed by atoms with van der Waals surface area (Å²) in [4.78, 5) is 27.0. The lowest BCUT2D eigenvalue weighted by Crippen LogP contribution is -2.54. The van der Waals surface area contributed by atoms with Gasteiger partial charge < -0.3 is 15.0 Å². The van der Waals surface area contributed by atoms with Crippen molar-refractivity contribution >= 4 is 11.9 Å². The van der Waals surface area contributed by atoms with Gasteiger partial charge in [-0.15, -0.1) is 0 Å². The third-order valence-electron chi connectivity index (χ3n) is 5.76. The topological polar surface area (TPSA) is 58.6 Å². The Balaban J connectivity index is 1.65. The fraction of sp³-hybridized carbons (Fsp3) is 0.600. The molecule has 3 rings (SSSR count). The van der Waals surface area contributed by atoms with E-state index in [9.17, 15) is 9.59 Å². The van der Waals surface area contributed by atoms with E-state index in [1.807, 2.05) is 18.2 Å². The van der Waals surface area contributed by atoms with Gasteiger partial charge in [0.25, 0.3) is 5.91 Å². The Bertz CT molecular complexity index is 634. The van der Waals surface area contributed by atoms with Gasteiger partial charge in [0.15, 0.2) is 6.10 Å². The van der Waals surface area contributed by atoms with E-state index < -0.39 is 12.1 Å². The number of esters is 1. The lowest BCUT2D eigenvalue weighted by molar-refractivity contribution is -0.131. The number of nitrogens with zero attached hydrogens (tertiary/aromatic N) is 1. The molecule has 136 valence electrons. The second-order valence-electron chi connectivity index (χ2n) is 7.51. The molecule has 1 atom stereocenters. The Hall–Kier alpha value is -1.88. The molecule has 1 aliphatic carbocycles. The van der Waals surface area contributed by atoms with E-state index in [1.54, 1.807) is 6.07 Å². The van der Waals surface area contributed by atoms with Crippen LogP contribution in [0.25, 0.3) is 0 Å². The smallest absolute Gasteiger partial charge is 0.339 e. The fourth-order valence-corrected chi connectivity index (χ4v) is 4.01. The van der Waals surface area contributed by atoms with E-state index in [1.165, 1.54) is 25.7 Å². The average Bonchev–Trinajstić information content (AvgIpc) is 2.86. The van der Waals surface area contributed by atoms with E-state index in [0.717, 1.165) is 18.4 Å². The minimum atomic E-state index is -0.729. The van der Waals surface area contributed by atoms with Crippen LogP contribution >= 0.6 is 0 Å². The molecule has 1 amide bonds. The van der Waals surface area contributed by atoms with Gasteiger partial charge in [-0.2, -0.15) is 0 Å². The summed E-state index contributed by atoms with van der Waals surface area (Å²) in [5.74, 6) is -0.591. The van der Waals surface area contributed by atoms with Crippen LogP contribution in [-0.4, -0.2) is 49.1 Å². The highest BCUT2D eigenvalue weighted by atomic mass is 16.5. The summed E-state index contributed by atoms with van der Waals surface area (Å²) < 4.78 is 5.37. The number of fused-ring (bicyclic) bond motifs is 1. The molecule has 25 heavy (non-hydrogen) atoms. The normalized spacial score (nSPS) is 22.7. The van der Waals surface area contributed by atoms with E-state index in [2.05, 4.69) is 24.3 Å². The van der Waals surface area contributed by atoms with Crippen molar-refractivity contribution in [3.63, 3.8) is 0 Å². The number of amides is 1. The molecule has 1 saturated carbocycles. The molecule has 0 radical (unpaired) electrons. The van der Waals surface area contributed by atoms with Crippen molar-refractivity contribution in [3.05, 3.63) is 35.4 Å². The number of hydrogen-bond donors (Lipinski definition) is 1. The van der Waals surface area contributed by atoms with Gasteiger partial charge in [0.2, 0.25) is 0 Å². The molecule has 2 aliphatic rings. The lowest BCUT2D eigenvalue weighted by atomic mass is 9.88. The fourth-order valence-electron chi connectivity index (χ4n) is 4.01. The van der Waals surface area contributed by atoms with Gasteiger partial charge in [0.05, 0.1) is 5.56 Å². The summed E-state index contributed by atoms with van der Waals surface area (Å²) in [5.41, 5.74) is 1.46. The first kappa shape index (κ1) is 17.9. The molecule has 1 aromatic carbocycles. The maximum Gasteiger partial charge on any atom is 0.339 e. The molecule has 5 heteroatoms. The van der Waals surface area contributed by atoms with Crippen LogP contribution < -0.4 is 5.32 Å². The third kappa shape index (κ3) is 3.87. The Morgan fingerprint density at radius 2 is 1.88 bits per heavy atom. The highest BCUT2D eigenvalue weighted by Gasteiger charge is 2.36. The Kier molecular flexibility index (Phi) is 5.42. The first-order chi connectivity index (χ1) is 12.0. The van der Waals surface area contributed by atoms with Crippen molar-refractivity contribution in [3.8, 4) is 0 Å². The molecule has 0 aromatic heterocycles. The summed E-state index contributed by atoms with van der Waals surface area (Å²) in [5, 5.41) is 3.07. The van der Waals surface area contributed by atoms with Gasteiger partial charge in [0.1, 0.15) is 0 Å². The standard InChI is InChI=1S/C20H28N2O3/c1-22(2)20(11-7-3-4-8-12-20)14-21-18(23)17-13-15-9-5-6-10-16(15)19(24)25-17/h5-6,9-10,17H,3-4,7-8,11-14H2,1-2H3,(H,21,23)/t17-/m1/s1. The van der Waals surface area contributed by atoms with E-state index in [-0.39, 0.29) is 11.4 Å². The minimum Gasteiger partial charge on any atom is -0.448 e. The predicted molar refractivity (Wildman–Crippen MR) is 96.5 cm³/mol. The van der Waals surface area contributed by atoms with Crippen LogP contribution in [0.1, 0.15) is 54.4 Å². The number of nitrogens with one attached hydrogen (secondary N) is 1. The Labute approximate surface area is 149 Å². The molecule has 1 N–H and O–H groups in total. The summed E-state index contributed by atoms with van der Waals surface area (Å²) in [6, 6.07) is 7.34. The summed E-state index contributed by atoms with van der Waals surface area (Å²) >= 11 is 0. The van der Waals surface area contributed by atoms with Crippen LogP contribution in [0, 0.1) is 0 Å². The second-order valence-corrected chi connectivity index (χ2v) is 7.51. The van der Waals surface area contributed by atoms with E-state index >= 15 is 0 Å². The number of likely N-dealkylation sites (N-methyl/N-ethyl adjacent to an activating group) is 1.